The highest BCUT2D eigenvalue weighted by Crippen LogP contribution is 2.18. The van der Waals surface area contributed by atoms with Crippen molar-refractivity contribution in [3.8, 4) is 0 Å². The fraction of sp³-hybridized carbons (Fsp3) is 0.391. The maximum Gasteiger partial charge on any atom is 0.289 e. The molecule has 0 unspecified atom stereocenters. The Labute approximate surface area is 180 Å². The highest BCUT2D eigenvalue weighted by molar-refractivity contribution is 5.91. The number of benzene rings is 1. The molecule has 8 nitrogen and oxygen atoms in total. The second kappa shape index (κ2) is 8.37. The molecule has 0 saturated carbocycles. The predicted octanol–water partition coefficient (Wildman–Crippen LogP) is 2.29. The molecule has 4 rings (SSSR count). The van der Waals surface area contributed by atoms with Crippen LogP contribution in [0.3, 0.4) is 0 Å². The zero-order chi connectivity index (χ0) is 22.1. The van der Waals surface area contributed by atoms with Gasteiger partial charge < -0.3 is 18.8 Å². The maximum absolute atomic E-state index is 12.8. The van der Waals surface area contributed by atoms with Gasteiger partial charge in [0, 0.05) is 39.1 Å². The molecule has 1 aliphatic heterocycles. The van der Waals surface area contributed by atoms with Crippen LogP contribution in [0.2, 0.25) is 0 Å². The lowest BCUT2D eigenvalue weighted by Gasteiger charge is -2.34. The van der Waals surface area contributed by atoms with Gasteiger partial charge in [0.1, 0.15) is 5.69 Å². The summed E-state index contributed by atoms with van der Waals surface area (Å²) < 4.78 is 6.82. The van der Waals surface area contributed by atoms with Crippen molar-refractivity contribution >= 4 is 22.8 Å². The first-order chi connectivity index (χ1) is 14.8. The van der Waals surface area contributed by atoms with Gasteiger partial charge in [0.05, 0.1) is 17.3 Å². The van der Waals surface area contributed by atoms with Gasteiger partial charge in [0.2, 0.25) is 5.91 Å². The van der Waals surface area contributed by atoms with Crippen LogP contribution >= 0.6 is 0 Å². The number of furan rings is 1. The SMILES string of the molecule is Cc1cc2nc(C)c(=O)n(CCC(=O)N3CCN(C(=O)c4ccco4)CC3)c2cc1C. The summed E-state index contributed by atoms with van der Waals surface area (Å²) >= 11 is 0. The minimum atomic E-state index is -0.169. The number of fused-ring (bicyclic) bond motifs is 1. The van der Waals surface area contributed by atoms with Crippen molar-refractivity contribution < 1.29 is 14.0 Å². The second-order valence-electron chi connectivity index (χ2n) is 7.98. The molecule has 1 aliphatic rings. The van der Waals surface area contributed by atoms with Crippen LogP contribution in [0.25, 0.3) is 11.0 Å². The van der Waals surface area contributed by atoms with Gasteiger partial charge in [0.15, 0.2) is 5.76 Å². The van der Waals surface area contributed by atoms with Gasteiger partial charge >= 0.3 is 0 Å². The van der Waals surface area contributed by atoms with E-state index in [2.05, 4.69) is 4.98 Å². The molecule has 0 spiro atoms. The third-order valence-electron chi connectivity index (χ3n) is 5.93. The van der Waals surface area contributed by atoms with Crippen molar-refractivity contribution in [2.24, 2.45) is 0 Å². The molecule has 0 aliphatic carbocycles. The fourth-order valence-electron chi connectivity index (χ4n) is 3.93. The maximum atomic E-state index is 12.8. The van der Waals surface area contributed by atoms with Crippen LogP contribution < -0.4 is 5.56 Å². The summed E-state index contributed by atoms with van der Waals surface area (Å²) in [4.78, 5) is 45.8. The van der Waals surface area contributed by atoms with Gasteiger partial charge in [-0.3, -0.25) is 14.4 Å². The van der Waals surface area contributed by atoms with Crippen LogP contribution in [0.5, 0.6) is 0 Å². The van der Waals surface area contributed by atoms with Gasteiger partial charge in [-0.2, -0.15) is 0 Å². The molecule has 2 amide bonds. The molecule has 2 aromatic heterocycles. The van der Waals surface area contributed by atoms with Gasteiger partial charge in [-0.1, -0.05) is 0 Å². The molecule has 1 saturated heterocycles. The molecule has 3 aromatic rings. The third-order valence-corrected chi connectivity index (χ3v) is 5.93. The van der Waals surface area contributed by atoms with E-state index in [-0.39, 0.29) is 23.8 Å². The first-order valence-corrected chi connectivity index (χ1v) is 10.4. The van der Waals surface area contributed by atoms with Crippen LogP contribution in [0.4, 0.5) is 0 Å². The van der Waals surface area contributed by atoms with E-state index in [1.165, 1.54) is 6.26 Å². The Hall–Kier alpha value is -3.42. The first-order valence-electron chi connectivity index (χ1n) is 10.4. The minimum Gasteiger partial charge on any atom is -0.459 e. The van der Waals surface area contributed by atoms with Crippen molar-refractivity contribution in [1.82, 2.24) is 19.4 Å². The van der Waals surface area contributed by atoms with Crippen molar-refractivity contribution in [1.29, 1.82) is 0 Å². The highest BCUT2D eigenvalue weighted by Gasteiger charge is 2.26. The molecule has 0 radical (unpaired) electrons. The summed E-state index contributed by atoms with van der Waals surface area (Å²) in [7, 11) is 0. The molecule has 0 N–H and O–H groups in total. The van der Waals surface area contributed by atoms with E-state index < -0.39 is 0 Å². The molecule has 0 bridgehead atoms. The van der Waals surface area contributed by atoms with Crippen LogP contribution in [0.1, 0.15) is 33.8 Å². The molecule has 162 valence electrons. The molecular weight excluding hydrogens is 396 g/mol. The second-order valence-corrected chi connectivity index (χ2v) is 7.98. The van der Waals surface area contributed by atoms with E-state index in [0.717, 1.165) is 22.2 Å². The van der Waals surface area contributed by atoms with E-state index >= 15 is 0 Å². The summed E-state index contributed by atoms with van der Waals surface area (Å²) in [6.07, 6.45) is 1.69. The Balaban J connectivity index is 1.43. The van der Waals surface area contributed by atoms with Gasteiger partial charge in [-0.05, 0) is 56.2 Å². The number of aryl methyl sites for hydroxylation is 4. The van der Waals surface area contributed by atoms with Crippen LogP contribution in [0.15, 0.2) is 39.7 Å². The smallest absolute Gasteiger partial charge is 0.289 e. The summed E-state index contributed by atoms with van der Waals surface area (Å²) in [6.45, 7) is 7.86. The zero-order valence-corrected chi connectivity index (χ0v) is 18.1. The number of hydrogen-bond acceptors (Lipinski definition) is 5. The fourth-order valence-corrected chi connectivity index (χ4v) is 3.93. The average molecular weight is 422 g/mol. The number of aromatic nitrogens is 2. The average Bonchev–Trinajstić information content (AvgIpc) is 3.30. The van der Waals surface area contributed by atoms with Gasteiger partial charge in [-0.15, -0.1) is 0 Å². The quantitative estimate of drug-likeness (QED) is 0.644. The molecular formula is C23H26N4O4. The lowest BCUT2D eigenvalue weighted by Crippen LogP contribution is -2.50. The summed E-state index contributed by atoms with van der Waals surface area (Å²) in [5, 5.41) is 0. The largest absolute Gasteiger partial charge is 0.459 e. The zero-order valence-electron chi connectivity index (χ0n) is 18.1. The van der Waals surface area contributed by atoms with E-state index in [1.54, 1.807) is 33.4 Å². The van der Waals surface area contributed by atoms with Gasteiger partial charge in [0.25, 0.3) is 11.5 Å². The number of hydrogen-bond donors (Lipinski definition) is 0. The van der Waals surface area contributed by atoms with Gasteiger partial charge in [-0.25, -0.2) is 4.98 Å². The molecule has 31 heavy (non-hydrogen) atoms. The number of rotatable bonds is 4. The highest BCUT2D eigenvalue weighted by atomic mass is 16.3. The standard InChI is InChI=1S/C23H26N4O4/c1-15-13-18-19(14-16(15)2)27(22(29)17(3)24-18)7-6-21(28)25-8-10-26(11-9-25)23(30)20-5-4-12-31-20/h4-5,12-14H,6-11H2,1-3H3. The Morgan fingerprint density at radius 1 is 1.03 bits per heavy atom. The lowest BCUT2D eigenvalue weighted by molar-refractivity contribution is -0.132. The monoisotopic (exact) mass is 422 g/mol. The summed E-state index contributed by atoms with van der Waals surface area (Å²) in [5.41, 5.74) is 3.96. The third kappa shape index (κ3) is 4.10. The van der Waals surface area contributed by atoms with Crippen molar-refractivity contribution in [3.63, 3.8) is 0 Å². The molecule has 3 heterocycles. The van der Waals surface area contributed by atoms with E-state index in [9.17, 15) is 14.4 Å². The van der Waals surface area contributed by atoms with E-state index in [1.807, 2.05) is 26.0 Å². The number of carbonyl (C=O) groups is 2. The number of piperazine rings is 1. The van der Waals surface area contributed by atoms with Crippen molar-refractivity contribution in [2.75, 3.05) is 26.2 Å². The van der Waals surface area contributed by atoms with Crippen molar-refractivity contribution in [2.45, 2.75) is 33.7 Å². The Morgan fingerprint density at radius 3 is 2.39 bits per heavy atom. The van der Waals surface area contributed by atoms with Crippen LogP contribution in [-0.4, -0.2) is 57.3 Å². The van der Waals surface area contributed by atoms with E-state index in [4.69, 9.17) is 4.42 Å². The lowest BCUT2D eigenvalue weighted by atomic mass is 10.1. The van der Waals surface area contributed by atoms with Crippen molar-refractivity contribution in [3.05, 3.63) is 63.5 Å². The molecule has 1 fully saturated rings. The Bertz CT molecular complexity index is 1190. The Kier molecular flexibility index (Phi) is 5.63. The summed E-state index contributed by atoms with van der Waals surface area (Å²) in [6, 6.07) is 7.26. The topological polar surface area (TPSA) is 88.7 Å². The Morgan fingerprint density at radius 2 is 1.71 bits per heavy atom. The normalized spacial score (nSPS) is 14.3. The van der Waals surface area contributed by atoms with Crippen LogP contribution in [0, 0.1) is 20.8 Å². The minimum absolute atomic E-state index is 0.0246. The molecule has 0 atom stereocenters. The molecule has 8 heteroatoms. The number of carbonyl (C=O) groups excluding carboxylic acids is 2. The van der Waals surface area contributed by atoms with E-state index in [0.29, 0.717) is 44.2 Å². The predicted molar refractivity (Wildman–Crippen MR) is 116 cm³/mol. The number of amides is 2. The summed E-state index contributed by atoms with van der Waals surface area (Å²) in [5.74, 6) is 0.126. The first kappa shape index (κ1) is 20.8. The van der Waals surface area contributed by atoms with Crippen LogP contribution in [-0.2, 0) is 11.3 Å². The number of nitrogens with zero attached hydrogens (tertiary/aromatic N) is 4. The molecule has 1 aromatic carbocycles.